The number of unbranched alkanes of at least 4 members (excludes halogenated alkanes) is 5. The number of hydrogen-bond acceptors (Lipinski definition) is 3. The lowest BCUT2D eigenvalue weighted by Crippen LogP contribution is -2.14. The lowest BCUT2D eigenvalue weighted by Gasteiger charge is -2.08. The Bertz CT molecular complexity index is 674. The van der Waals surface area contributed by atoms with Gasteiger partial charge in [-0.1, -0.05) is 74.4 Å². The normalized spacial score (nSPS) is 12.2. The molecular formula is C28H43NO2. The minimum Gasteiger partial charge on any atom is -0.504 e. The second-order valence-corrected chi connectivity index (χ2v) is 7.77. The van der Waals surface area contributed by atoms with E-state index in [9.17, 15) is 5.11 Å². The molecule has 1 aromatic rings. The molecule has 172 valence electrons. The highest BCUT2D eigenvalue weighted by Gasteiger charge is 2.01. The molecular weight excluding hydrogens is 382 g/mol. The zero-order chi connectivity index (χ0) is 22.4. The summed E-state index contributed by atoms with van der Waals surface area (Å²) in [6, 6.07) is 5.48. The van der Waals surface area contributed by atoms with Gasteiger partial charge >= 0.3 is 0 Å². The molecule has 0 aliphatic rings. The van der Waals surface area contributed by atoms with Crippen molar-refractivity contribution in [3.63, 3.8) is 0 Å². The first-order valence-corrected chi connectivity index (χ1v) is 11.9. The summed E-state index contributed by atoms with van der Waals surface area (Å²) in [6.07, 6.45) is 29.9. The van der Waals surface area contributed by atoms with Crippen LogP contribution in [0.5, 0.6) is 11.5 Å². The van der Waals surface area contributed by atoms with Crippen molar-refractivity contribution < 1.29 is 9.84 Å². The van der Waals surface area contributed by atoms with Gasteiger partial charge in [-0.3, -0.25) is 0 Å². The molecule has 0 saturated carbocycles. The molecule has 0 aromatic heterocycles. The summed E-state index contributed by atoms with van der Waals surface area (Å²) in [5.41, 5.74) is 1.12. The lowest BCUT2D eigenvalue weighted by atomic mass is 10.2. The van der Waals surface area contributed by atoms with E-state index in [1.54, 1.807) is 13.2 Å². The lowest BCUT2D eigenvalue weighted by molar-refractivity contribution is 0.373. The Balaban J connectivity index is 1.94. The summed E-state index contributed by atoms with van der Waals surface area (Å²) in [5.74, 6) is 0.713. The highest BCUT2D eigenvalue weighted by atomic mass is 16.5. The van der Waals surface area contributed by atoms with Crippen LogP contribution >= 0.6 is 0 Å². The summed E-state index contributed by atoms with van der Waals surface area (Å²) in [6.45, 7) is 4.04. The molecule has 0 spiro atoms. The van der Waals surface area contributed by atoms with Gasteiger partial charge in [0.1, 0.15) is 0 Å². The third-order valence-electron chi connectivity index (χ3n) is 5.01. The van der Waals surface area contributed by atoms with E-state index in [-0.39, 0.29) is 5.75 Å². The van der Waals surface area contributed by atoms with Gasteiger partial charge in [0.25, 0.3) is 0 Å². The van der Waals surface area contributed by atoms with Crippen molar-refractivity contribution in [3.05, 3.63) is 72.4 Å². The van der Waals surface area contributed by atoms with Crippen LogP contribution in [0.15, 0.2) is 66.8 Å². The molecule has 0 unspecified atom stereocenters. The van der Waals surface area contributed by atoms with Crippen LogP contribution in [-0.4, -0.2) is 18.8 Å². The topological polar surface area (TPSA) is 41.5 Å². The van der Waals surface area contributed by atoms with Gasteiger partial charge in [-0.25, -0.2) is 0 Å². The standard InChI is InChI=1S/C28H43NO2/c1-3-4-5-6-7-8-9-10-11-12-13-14-15-16-17-18-19-20-23-29-25-26-21-22-27(30)28(24-26)31-2/h7-8,10-11,13-14,16-17,21-22,24,29-30H,3-6,9,12,15,18-20,23,25H2,1-2H3/b8-7-,11-10-,14-13-,17-16-. The predicted molar refractivity (Wildman–Crippen MR) is 135 cm³/mol. The molecule has 0 aliphatic carbocycles. The van der Waals surface area contributed by atoms with E-state index < -0.39 is 0 Å². The first-order valence-electron chi connectivity index (χ1n) is 11.9. The number of ether oxygens (including phenoxy) is 1. The zero-order valence-corrected chi connectivity index (χ0v) is 19.7. The number of phenolic OH excluding ortho intramolecular Hbond substituents is 1. The van der Waals surface area contributed by atoms with Crippen molar-refractivity contribution in [1.29, 1.82) is 0 Å². The van der Waals surface area contributed by atoms with Gasteiger partial charge in [0.2, 0.25) is 0 Å². The quantitative estimate of drug-likeness (QED) is 0.188. The van der Waals surface area contributed by atoms with Crippen LogP contribution in [0.2, 0.25) is 0 Å². The molecule has 0 amide bonds. The van der Waals surface area contributed by atoms with E-state index >= 15 is 0 Å². The number of allylic oxidation sites excluding steroid dienone is 8. The molecule has 1 aromatic carbocycles. The van der Waals surface area contributed by atoms with E-state index in [1.165, 1.54) is 32.1 Å². The van der Waals surface area contributed by atoms with Crippen molar-refractivity contribution in [2.24, 2.45) is 0 Å². The van der Waals surface area contributed by atoms with Crippen molar-refractivity contribution >= 4 is 0 Å². The molecule has 0 radical (unpaired) electrons. The molecule has 0 fully saturated rings. The third-order valence-corrected chi connectivity index (χ3v) is 5.01. The molecule has 3 heteroatoms. The first-order chi connectivity index (χ1) is 15.3. The maximum absolute atomic E-state index is 9.61. The van der Waals surface area contributed by atoms with Crippen LogP contribution in [0.4, 0.5) is 0 Å². The van der Waals surface area contributed by atoms with Crippen LogP contribution in [0.1, 0.15) is 76.7 Å². The van der Waals surface area contributed by atoms with Gasteiger partial charge in [-0.05, 0) is 75.6 Å². The first kappa shape index (κ1) is 26.8. The number of hydrogen-bond donors (Lipinski definition) is 2. The number of rotatable bonds is 18. The Morgan fingerprint density at radius 2 is 1.39 bits per heavy atom. The average molecular weight is 426 g/mol. The van der Waals surface area contributed by atoms with Gasteiger partial charge in [0, 0.05) is 6.54 Å². The molecule has 0 bridgehead atoms. The summed E-state index contributed by atoms with van der Waals surface area (Å²) >= 11 is 0. The fourth-order valence-corrected chi connectivity index (χ4v) is 3.14. The van der Waals surface area contributed by atoms with E-state index in [1.807, 2.05) is 12.1 Å². The van der Waals surface area contributed by atoms with Crippen molar-refractivity contribution in [3.8, 4) is 11.5 Å². The smallest absolute Gasteiger partial charge is 0.160 e. The molecule has 3 nitrogen and oxygen atoms in total. The number of methoxy groups -OCH3 is 1. The highest BCUT2D eigenvalue weighted by Crippen LogP contribution is 2.26. The van der Waals surface area contributed by atoms with Gasteiger partial charge in [0.15, 0.2) is 11.5 Å². The molecule has 0 heterocycles. The Labute approximate surface area is 190 Å². The number of benzene rings is 1. The predicted octanol–water partition coefficient (Wildman–Crippen LogP) is 7.64. The van der Waals surface area contributed by atoms with Crippen molar-refractivity contribution in [1.82, 2.24) is 5.32 Å². The van der Waals surface area contributed by atoms with E-state index in [4.69, 9.17) is 4.74 Å². The molecule has 0 aliphatic heterocycles. The molecule has 31 heavy (non-hydrogen) atoms. The molecule has 0 atom stereocenters. The summed E-state index contributed by atoms with van der Waals surface area (Å²) in [5, 5.41) is 13.1. The van der Waals surface area contributed by atoms with Gasteiger partial charge < -0.3 is 15.2 Å². The second-order valence-electron chi connectivity index (χ2n) is 7.77. The average Bonchev–Trinajstić information content (AvgIpc) is 2.78. The Kier molecular flexibility index (Phi) is 17.0. The van der Waals surface area contributed by atoms with Crippen LogP contribution in [0, 0.1) is 0 Å². The number of phenols is 1. The summed E-state index contributed by atoms with van der Waals surface area (Å²) < 4.78 is 5.14. The maximum Gasteiger partial charge on any atom is 0.160 e. The monoisotopic (exact) mass is 425 g/mol. The molecule has 1 rings (SSSR count). The summed E-state index contributed by atoms with van der Waals surface area (Å²) in [4.78, 5) is 0. The van der Waals surface area contributed by atoms with Gasteiger partial charge in [-0.15, -0.1) is 0 Å². The summed E-state index contributed by atoms with van der Waals surface area (Å²) in [7, 11) is 1.57. The van der Waals surface area contributed by atoms with Crippen LogP contribution in [0.25, 0.3) is 0 Å². The Morgan fingerprint density at radius 3 is 1.97 bits per heavy atom. The number of aromatic hydroxyl groups is 1. The largest absolute Gasteiger partial charge is 0.504 e. The van der Waals surface area contributed by atoms with Crippen LogP contribution in [0.3, 0.4) is 0 Å². The van der Waals surface area contributed by atoms with Crippen LogP contribution < -0.4 is 10.1 Å². The Morgan fingerprint density at radius 1 is 0.806 bits per heavy atom. The fraction of sp³-hybridized carbons (Fsp3) is 0.500. The Hall–Kier alpha value is -2.26. The molecule has 2 N–H and O–H groups in total. The molecule has 0 saturated heterocycles. The van der Waals surface area contributed by atoms with Gasteiger partial charge in [0.05, 0.1) is 7.11 Å². The SMILES string of the molecule is CCCCC/C=C\C/C=C\C/C=C\C/C=C\CCCCNCc1ccc(O)c(OC)c1. The van der Waals surface area contributed by atoms with E-state index in [2.05, 4.69) is 60.8 Å². The zero-order valence-electron chi connectivity index (χ0n) is 19.7. The second kappa shape index (κ2) is 19.7. The maximum atomic E-state index is 9.61. The fourth-order valence-electron chi connectivity index (χ4n) is 3.14. The third kappa shape index (κ3) is 15.2. The minimum atomic E-state index is 0.185. The van der Waals surface area contributed by atoms with E-state index in [0.29, 0.717) is 5.75 Å². The number of nitrogens with one attached hydrogen (secondary N) is 1. The minimum absolute atomic E-state index is 0.185. The van der Waals surface area contributed by atoms with Crippen molar-refractivity contribution in [2.75, 3.05) is 13.7 Å². The van der Waals surface area contributed by atoms with Crippen LogP contribution in [-0.2, 0) is 6.54 Å². The van der Waals surface area contributed by atoms with E-state index in [0.717, 1.165) is 50.8 Å². The van der Waals surface area contributed by atoms with Crippen molar-refractivity contribution in [2.45, 2.75) is 77.7 Å². The van der Waals surface area contributed by atoms with Gasteiger partial charge in [-0.2, -0.15) is 0 Å². The highest BCUT2D eigenvalue weighted by molar-refractivity contribution is 5.41.